The van der Waals surface area contributed by atoms with Crippen molar-refractivity contribution in [1.82, 2.24) is 5.32 Å². The first-order valence-corrected chi connectivity index (χ1v) is 9.50. The van der Waals surface area contributed by atoms with Crippen LogP contribution in [0.3, 0.4) is 0 Å². The Morgan fingerprint density at radius 2 is 1.95 bits per heavy atom. The highest BCUT2D eigenvalue weighted by molar-refractivity contribution is 7.90. The SMILES string of the molecule is CC1CCC(NCCOc2cccc(S(C)(=O)=O)c2)CC1. The molecule has 21 heavy (non-hydrogen) atoms. The van der Waals surface area contributed by atoms with Gasteiger partial charge in [-0.15, -0.1) is 0 Å². The van der Waals surface area contributed by atoms with Crippen molar-refractivity contribution in [2.75, 3.05) is 19.4 Å². The van der Waals surface area contributed by atoms with Crippen molar-refractivity contribution in [2.24, 2.45) is 5.92 Å². The largest absolute Gasteiger partial charge is 0.492 e. The lowest BCUT2D eigenvalue weighted by molar-refractivity contribution is 0.270. The molecular formula is C16H25NO3S. The van der Waals surface area contributed by atoms with Crippen LogP contribution in [0, 0.1) is 5.92 Å². The van der Waals surface area contributed by atoms with Crippen LogP contribution in [0.15, 0.2) is 29.2 Å². The van der Waals surface area contributed by atoms with E-state index < -0.39 is 9.84 Å². The third kappa shape index (κ3) is 5.32. The molecule has 5 heteroatoms. The standard InChI is InChI=1S/C16H25NO3S/c1-13-6-8-14(9-7-13)17-10-11-20-15-4-3-5-16(12-15)21(2,18)19/h3-5,12-14,17H,6-11H2,1-2H3. The first kappa shape index (κ1) is 16.3. The minimum absolute atomic E-state index is 0.300. The van der Waals surface area contributed by atoms with Crippen molar-refractivity contribution < 1.29 is 13.2 Å². The molecule has 0 atom stereocenters. The lowest BCUT2D eigenvalue weighted by atomic mass is 9.87. The van der Waals surface area contributed by atoms with Gasteiger partial charge >= 0.3 is 0 Å². The third-order valence-electron chi connectivity index (χ3n) is 4.05. The molecule has 1 aromatic rings. The van der Waals surface area contributed by atoms with Crippen LogP contribution in [-0.4, -0.2) is 33.9 Å². The average Bonchev–Trinajstić information content (AvgIpc) is 2.45. The molecule has 0 radical (unpaired) electrons. The van der Waals surface area contributed by atoms with E-state index in [1.807, 2.05) is 0 Å². The number of sulfone groups is 1. The molecule has 4 nitrogen and oxygen atoms in total. The quantitative estimate of drug-likeness (QED) is 0.821. The number of benzene rings is 1. The lowest BCUT2D eigenvalue weighted by Gasteiger charge is -2.27. The smallest absolute Gasteiger partial charge is 0.175 e. The molecule has 0 aromatic heterocycles. The Bertz CT molecular complexity index is 548. The van der Waals surface area contributed by atoms with Gasteiger partial charge in [0.15, 0.2) is 9.84 Å². The van der Waals surface area contributed by atoms with Crippen molar-refractivity contribution in [3.63, 3.8) is 0 Å². The summed E-state index contributed by atoms with van der Waals surface area (Å²) in [6, 6.07) is 7.27. The molecule has 0 spiro atoms. The molecule has 1 aromatic carbocycles. The fourth-order valence-electron chi connectivity index (χ4n) is 2.69. The number of hydrogen-bond acceptors (Lipinski definition) is 4. The Kier molecular flexibility index (Phi) is 5.65. The van der Waals surface area contributed by atoms with E-state index in [0.717, 1.165) is 12.5 Å². The van der Waals surface area contributed by atoms with Gasteiger partial charge in [-0.2, -0.15) is 0 Å². The van der Waals surface area contributed by atoms with Crippen molar-refractivity contribution in [1.29, 1.82) is 0 Å². The van der Waals surface area contributed by atoms with E-state index in [-0.39, 0.29) is 0 Å². The first-order valence-electron chi connectivity index (χ1n) is 7.61. The average molecular weight is 311 g/mol. The van der Waals surface area contributed by atoms with Gasteiger partial charge in [0.05, 0.1) is 4.90 Å². The van der Waals surface area contributed by atoms with Crippen LogP contribution in [-0.2, 0) is 9.84 Å². The molecule has 118 valence electrons. The second-order valence-corrected chi connectivity index (χ2v) is 8.02. The van der Waals surface area contributed by atoms with Crippen LogP contribution in [0.2, 0.25) is 0 Å². The summed E-state index contributed by atoms with van der Waals surface area (Å²) < 4.78 is 28.6. The monoisotopic (exact) mass is 311 g/mol. The van der Waals surface area contributed by atoms with Gasteiger partial charge in [-0.1, -0.05) is 13.0 Å². The predicted molar refractivity (Wildman–Crippen MR) is 84.5 cm³/mol. The molecule has 1 aliphatic rings. The molecule has 0 amide bonds. The molecule has 1 saturated carbocycles. The highest BCUT2D eigenvalue weighted by atomic mass is 32.2. The van der Waals surface area contributed by atoms with E-state index >= 15 is 0 Å². The van der Waals surface area contributed by atoms with E-state index in [0.29, 0.717) is 23.3 Å². The molecule has 0 saturated heterocycles. The van der Waals surface area contributed by atoms with Crippen LogP contribution < -0.4 is 10.1 Å². The van der Waals surface area contributed by atoms with E-state index in [9.17, 15) is 8.42 Å². The van der Waals surface area contributed by atoms with Gasteiger partial charge in [0.2, 0.25) is 0 Å². The molecule has 0 heterocycles. The Labute approximate surface area is 127 Å². The Morgan fingerprint density at radius 3 is 2.62 bits per heavy atom. The Morgan fingerprint density at radius 1 is 1.24 bits per heavy atom. The molecule has 0 unspecified atom stereocenters. The number of nitrogens with one attached hydrogen (secondary N) is 1. The topological polar surface area (TPSA) is 55.4 Å². The molecule has 1 N–H and O–H groups in total. The third-order valence-corrected chi connectivity index (χ3v) is 5.16. The van der Waals surface area contributed by atoms with Gasteiger partial charge in [-0.05, 0) is 49.8 Å². The molecule has 1 fully saturated rings. The molecular weight excluding hydrogens is 286 g/mol. The normalized spacial score (nSPS) is 23.0. The Hall–Kier alpha value is -1.07. The number of hydrogen-bond donors (Lipinski definition) is 1. The minimum Gasteiger partial charge on any atom is -0.492 e. The number of rotatable bonds is 6. The van der Waals surface area contributed by atoms with Crippen LogP contribution >= 0.6 is 0 Å². The summed E-state index contributed by atoms with van der Waals surface area (Å²) in [6.07, 6.45) is 6.29. The van der Waals surface area contributed by atoms with Gasteiger partial charge in [-0.3, -0.25) is 0 Å². The summed E-state index contributed by atoms with van der Waals surface area (Å²) in [5, 5.41) is 3.51. The molecule has 1 aliphatic carbocycles. The van der Waals surface area contributed by atoms with Gasteiger partial charge < -0.3 is 10.1 Å². The van der Waals surface area contributed by atoms with Crippen LogP contribution in [0.1, 0.15) is 32.6 Å². The van der Waals surface area contributed by atoms with E-state index in [4.69, 9.17) is 4.74 Å². The van der Waals surface area contributed by atoms with E-state index in [1.54, 1.807) is 24.3 Å². The summed E-state index contributed by atoms with van der Waals surface area (Å²) in [5.74, 6) is 1.47. The summed E-state index contributed by atoms with van der Waals surface area (Å²) in [5.41, 5.74) is 0. The predicted octanol–water partition coefficient (Wildman–Crippen LogP) is 2.64. The maximum atomic E-state index is 11.5. The maximum Gasteiger partial charge on any atom is 0.175 e. The van der Waals surface area contributed by atoms with E-state index in [1.165, 1.54) is 31.9 Å². The molecule has 0 aliphatic heterocycles. The second-order valence-electron chi connectivity index (χ2n) is 6.01. The minimum atomic E-state index is -3.17. The van der Waals surface area contributed by atoms with Crippen molar-refractivity contribution in [3.05, 3.63) is 24.3 Å². The number of ether oxygens (including phenoxy) is 1. The molecule has 2 rings (SSSR count). The van der Waals surface area contributed by atoms with Gasteiger partial charge in [-0.25, -0.2) is 8.42 Å². The first-order chi connectivity index (χ1) is 9.95. The summed E-state index contributed by atoms with van der Waals surface area (Å²) in [7, 11) is -3.17. The maximum absolute atomic E-state index is 11.5. The van der Waals surface area contributed by atoms with Crippen molar-refractivity contribution in [3.8, 4) is 5.75 Å². The van der Waals surface area contributed by atoms with Gasteiger partial charge in [0, 0.05) is 18.8 Å². The summed E-state index contributed by atoms with van der Waals surface area (Å²) in [4.78, 5) is 0.300. The van der Waals surface area contributed by atoms with Crippen LogP contribution in [0.4, 0.5) is 0 Å². The van der Waals surface area contributed by atoms with Crippen LogP contribution in [0.5, 0.6) is 5.75 Å². The zero-order valence-electron chi connectivity index (χ0n) is 12.8. The second kappa shape index (κ2) is 7.27. The van der Waals surface area contributed by atoms with Gasteiger partial charge in [0.25, 0.3) is 0 Å². The summed E-state index contributed by atoms with van der Waals surface area (Å²) >= 11 is 0. The lowest BCUT2D eigenvalue weighted by Crippen LogP contribution is -2.35. The summed E-state index contributed by atoms with van der Waals surface area (Å²) in [6.45, 7) is 3.66. The zero-order valence-corrected chi connectivity index (χ0v) is 13.7. The fourth-order valence-corrected chi connectivity index (χ4v) is 3.35. The van der Waals surface area contributed by atoms with Crippen molar-refractivity contribution >= 4 is 9.84 Å². The van der Waals surface area contributed by atoms with Gasteiger partial charge in [0.1, 0.15) is 12.4 Å². The highest BCUT2D eigenvalue weighted by Gasteiger charge is 2.17. The molecule has 0 bridgehead atoms. The Balaban J connectivity index is 1.74. The highest BCUT2D eigenvalue weighted by Crippen LogP contribution is 2.23. The fraction of sp³-hybridized carbons (Fsp3) is 0.625. The van der Waals surface area contributed by atoms with E-state index in [2.05, 4.69) is 12.2 Å². The van der Waals surface area contributed by atoms with Crippen LogP contribution in [0.25, 0.3) is 0 Å². The van der Waals surface area contributed by atoms with Crippen molar-refractivity contribution in [2.45, 2.75) is 43.5 Å². The zero-order chi connectivity index (χ0) is 15.3.